The number of carboxylic acids is 1. The molecule has 27 heavy (non-hydrogen) atoms. The van der Waals surface area contributed by atoms with Crippen LogP contribution in [0.2, 0.25) is 0 Å². The van der Waals surface area contributed by atoms with E-state index in [9.17, 15) is 14.7 Å². The Morgan fingerprint density at radius 1 is 1.00 bits per heavy atom. The van der Waals surface area contributed by atoms with E-state index in [1.807, 2.05) is 29.2 Å². The van der Waals surface area contributed by atoms with Crippen molar-refractivity contribution in [1.29, 1.82) is 0 Å². The maximum absolute atomic E-state index is 12.5. The Bertz CT molecular complexity index is 807. The summed E-state index contributed by atoms with van der Waals surface area (Å²) in [5.74, 6) is -0.206. The molecule has 0 aliphatic carbocycles. The van der Waals surface area contributed by atoms with Gasteiger partial charge >= 0.3 is 5.97 Å². The number of amides is 1. The molecule has 0 atom stereocenters. The highest BCUT2D eigenvalue weighted by Crippen LogP contribution is 2.24. The van der Waals surface area contributed by atoms with Crippen LogP contribution in [-0.4, -0.2) is 35.0 Å². The predicted molar refractivity (Wildman–Crippen MR) is 106 cm³/mol. The van der Waals surface area contributed by atoms with Gasteiger partial charge in [-0.1, -0.05) is 42.5 Å². The van der Waals surface area contributed by atoms with Gasteiger partial charge in [0.15, 0.2) is 0 Å². The molecule has 0 spiro atoms. The standard InChI is InChI=1S/C23H27NO3/c1-17-6-2-3-7-19(17)10-11-22(25)24-14-12-18(13-15-24)16-20-8-4-5-9-21(20)23(26)27/h2-9,18H,10-16H2,1H3,(H,26,27). The van der Waals surface area contributed by atoms with Gasteiger partial charge in [0.05, 0.1) is 5.56 Å². The molecule has 0 saturated carbocycles. The number of benzene rings is 2. The third kappa shape index (κ3) is 4.97. The Morgan fingerprint density at radius 2 is 1.63 bits per heavy atom. The first-order chi connectivity index (χ1) is 13.0. The van der Waals surface area contributed by atoms with Crippen LogP contribution in [0.1, 0.15) is 46.3 Å². The van der Waals surface area contributed by atoms with E-state index in [1.54, 1.807) is 12.1 Å². The van der Waals surface area contributed by atoms with Gasteiger partial charge in [0, 0.05) is 19.5 Å². The molecule has 0 unspecified atom stereocenters. The van der Waals surface area contributed by atoms with Crippen LogP contribution in [0.4, 0.5) is 0 Å². The van der Waals surface area contributed by atoms with E-state index in [-0.39, 0.29) is 5.91 Å². The number of aryl methyl sites for hydroxylation is 2. The van der Waals surface area contributed by atoms with E-state index in [4.69, 9.17) is 0 Å². The van der Waals surface area contributed by atoms with Crippen molar-refractivity contribution in [3.8, 4) is 0 Å². The van der Waals surface area contributed by atoms with Crippen LogP contribution in [0.25, 0.3) is 0 Å². The molecule has 2 aromatic carbocycles. The van der Waals surface area contributed by atoms with Crippen molar-refractivity contribution in [2.24, 2.45) is 5.92 Å². The van der Waals surface area contributed by atoms with Crippen LogP contribution >= 0.6 is 0 Å². The van der Waals surface area contributed by atoms with Crippen molar-refractivity contribution in [3.05, 3.63) is 70.8 Å². The van der Waals surface area contributed by atoms with E-state index in [0.717, 1.165) is 44.3 Å². The topological polar surface area (TPSA) is 57.6 Å². The van der Waals surface area contributed by atoms with Gasteiger partial charge in [0.1, 0.15) is 0 Å². The number of hydrogen-bond donors (Lipinski definition) is 1. The van der Waals surface area contributed by atoms with Crippen LogP contribution in [0, 0.1) is 12.8 Å². The molecule has 1 aliphatic rings. The minimum absolute atomic E-state index is 0.225. The number of piperidine rings is 1. The zero-order chi connectivity index (χ0) is 19.2. The van der Waals surface area contributed by atoms with Crippen LogP contribution in [0.3, 0.4) is 0 Å². The first-order valence-electron chi connectivity index (χ1n) is 9.68. The lowest BCUT2D eigenvalue weighted by Gasteiger charge is -2.32. The van der Waals surface area contributed by atoms with Crippen LogP contribution in [0.5, 0.6) is 0 Å². The SMILES string of the molecule is Cc1ccccc1CCC(=O)N1CCC(Cc2ccccc2C(=O)O)CC1. The fourth-order valence-electron chi connectivity index (χ4n) is 3.89. The molecule has 0 radical (unpaired) electrons. The highest BCUT2D eigenvalue weighted by molar-refractivity contribution is 5.89. The fraction of sp³-hybridized carbons (Fsp3) is 0.391. The summed E-state index contributed by atoms with van der Waals surface area (Å²) in [7, 11) is 0. The number of nitrogens with zero attached hydrogens (tertiary/aromatic N) is 1. The highest BCUT2D eigenvalue weighted by atomic mass is 16.4. The zero-order valence-electron chi connectivity index (χ0n) is 15.9. The molecule has 1 amide bonds. The Labute approximate surface area is 160 Å². The highest BCUT2D eigenvalue weighted by Gasteiger charge is 2.24. The number of hydrogen-bond acceptors (Lipinski definition) is 2. The first kappa shape index (κ1) is 19.2. The van der Waals surface area contributed by atoms with E-state index in [1.165, 1.54) is 11.1 Å². The molecule has 1 heterocycles. The Kier molecular flexibility index (Phi) is 6.28. The second-order valence-corrected chi connectivity index (χ2v) is 7.42. The summed E-state index contributed by atoms with van der Waals surface area (Å²) in [6.45, 7) is 3.62. The lowest BCUT2D eigenvalue weighted by Crippen LogP contribution is -2.39. The summed E-state index contributed by atoms with van der Waals surface area (Å²) < 4.78 is 0. The number of carboxylic acid groups (broad SMARTS) is 1. The molecule has 4 heteroatoms. The molecule has 0 aromatic heterocycles. The largest absolute Gasteiger partial charge is 0.478 e. The van der Waals surface area contributed by atoms with Crippen LogP contribution < -0.4 is 0 Å². The van der Waals surface area contributed by atoms with Gasteiger partial charge < -0.3 is 10.0 Å². The minimum Gasteiger partial charge on any atom is -0.478 e. The van der Waals surface area contributed by atoms with Gasteiger partial charge in [0.25, 0.3) is 0 Å². The van der Waals surface area contributed by atoms with Crippen molar-refractivity contribution in [1.82, 2.24) is 4.90 Å². The van der Waals surface area contributed by atoms with Crippen molar-refractivity contribution >= 4 is 11.9 Å². The monoisotopic (exact) mass is 365 g/mol. The fourth-order valence-corrected chi connectivity index (χ4v) is 3.89. The van der Waals surface area contributed by atoms with E-state index in [2.05, 4.69) is 19.1 Å². The number of rotatable bonds is 6. The average Bonchev–Trinajstić information content (AvgIpc) is 2.68. The van der Waals surface area contributed by atoms with Gasteiger partial charge in [0.2, 0.25) is 5.91 Å². The molecule has 3 rings (SSSR count). The summed E-state index contributed by atoms with van der Waals surface area (Å²) in [5.41, 5.74) is 3.77. The maximum atomic E-state index is 12.5. The molecule has 1 saturated heterocycles. The zero-order valence-corrected chi connectivity index (χ0v) is 15.9. The van der Waals surface area contributed by atoms with Gasteiger partial charge in [-0.2, -0.15) is 0 Å². The summed E-state index contributed by atoms with van der Waals surface area (Å²) in [6.07, 6.45) is 3.98. The van der Waals surface area contributed by atoms with Crippen molar-refractivity contribution in [2.75, 3.05) is 13.1 Å². The van der Waals surface area contributed by atoms with Crippen LogP contribution in [-0.2, 0) is 17.6 Å². The summed E-state index contributed by atoms with van der Waals surface area (Å²) >= 11 is 0. The Hall–Kier alpha value is -2.62. The molecular formula is C23H27NO3. The second kappa shape index (κ2) is 8.85. The molecule has 1 aliphatic heterocycles. The molecular weight excluding hydrogens is 338 g/mol. The summed E-state index contributed by atoms with van der Waals surface area (Å²) in [6, 6.07) is 15.5. The third-order valence-corrected chi connectivity index (χ3v) is 5.59. The van der Waals surface area contributed by atoms with Crippen molar-refractivity contribution < 1.29 is 14.7 Å². The van der Waals surface area contributed by atoms with Crippen molar-refractivity contribution in [2.45, 2.75) is 39.0 Å². The first-order valence-corrected chi connectivity index (χ1v) is 9.68. The molecule has 2 aromatic rings. The summed E-state index contributed by atoms with van der Waals surface area (Å²) in [4.78, 5) is 25.9. The van der Waals surface area contributed by atoms with Gasteiger partial charge in [-0.15, -0.1) is 0 Å². The second-order valence-electron chi connectivity index (χ2n) is 7.42. The predicted octanol–water partition coefficient (Wildman–Crippen LogP) is 4.11. The normalized spacial score (nSPS) is 14.9. The number of carbonyl (C=O) groups is 2. The van der Waals surface area contributed by atoms with E-state index < -0.39 is 5.97 Å². The number of likely N-dealkylation sites (tertiary alicyclic amines) is 1. The van der Waals surface area contributed by atoms with Gasteiger partial charge in [-0.25, -0.2) is 4.79 Å². The molecule has 0 bridgehead atoms. The van der Waals surface area contributed by atoms with Crippen LogP contribution in [0.15, 0.2) is 48.5 Å². The lowest BCUT2D eigenvalue weighted by atomic mass is 9.88. The average molecular weight is 365 g/mol. The van der Waals surface area contributed by atoms with E-state index in [0.29, 0.717) is 17.9 Å². The van der Waals surface area contributed by atoms with Crippen molar-refractivity contribution in [3.63, 3.8) is 0 Å². The molecule has 1 fully saturated rings. The maximum Gasteiger partial charge on any atom is 0.335 e. The number of aromatic carboxylic acids is 1. The lowest BCUT2D eigenvalue weighted by molar-refractivity contribution is -0.132. The molecule has 1 N–H and O–H groups in total. The van der Waals surface area contributed by atoms with Gasteiger partial charge in [-0.05, 0) is 61.3 Å². The van der Waals surface area contributed by atoms with Gasteiger partial charge in [-0.3, -0.25) is 4.79 Å². The Balaban J connectivity index is 1.49. The number of carbonyl (C=O) groups excluding carboxylic acids is 1. The smallest absolute Gasteiger partial charge is 0.335 e. The molecule has 4 nitrogen and oxygen atoms in total. The third-order valence-electron chi connectivity index (χ3n) is 5.59. The Morgan fingerprint density at radius 3 is 2.30 bits per heavy atom. The molecule has 142 valence electrons. The van der Waals surface area contributed by atoms with E-state index >= 15 is 0 Å². The summed E-state index contributed by atoms with van der Waals surface area (Å²) in [5, 5.41) is 9.33. The quantitative estimate of drug-likeness (QED) is 0.838. The minimum atomic E-state index is -0.866.